The molecule has 1 aromatic rings. The first-order chi connectivity index (χ1) is 9.08. The number of anilines is 1. The highest BCUT2D eigenvalue weighted by Gasteiger charge is 2.19. The van der Waals surface area contributed by atoms with E-state index in [9.17, 15) is 14.0 Å². The minimum atomic E-state index is -0.853. The third-order valence-corrected chi connectivity index (χ3v) is 3.14. The molecule has 1 atom stereocenters. The topological polar surface area (TPSA) is 72.2 Å². The normalized spacial score (nSPS) is 18.1. The minimum absolute atomic E-state index is 0.0768. The average molecular weight is 262 g/mol. The molecule has 3 N–H and O–H groups in total. The fourth-order valence-electron chi connectivity index (χ4n) is 2.07. The van der Waals surface area contributed by atoms with Crippen molar-refractivity contribution in [2.75, 3.05) is 5.32 Å². The summed E-state index contributed by atoms with van der Waals surface area (Å²) in [4.78, 5) is 23.0. The number of carbonyl (C=O) groups excluding carboxylic acids is 2. The third kappa shape index (κ3) is 3.19. The Hall–Kier alpha value is -2.17. The van der Waals surface area contributed by atoms with E-state index < -0.39 is 11.7 Å². The maximum atomic E-state index is 13.3. The van der Waals surface area contributed by atoms with Crippen molar-refractivity contribution < 1.29 is 14.0 Å². The van der Waals surface area contributed by atoms with Crippen molar-refractivity contribution in [3.63, 3.8) is 0 Å². The number of primary amides is 1. The van der Waals surface area contributed by atoms with E-state index in [2.05, 4.69) is 5.32 Å². The number of hydrogen-bond donors (Lipinski definition) is 2. The molecule has 1 aliphatic carbocycles. The summed E-state index contributed by atoms with van der Waals surface area (Å²) in [5.41, 5.74) is 5.22. The monoisotopic (exact) mass is 262 g/mol. The minimum Gasteiger partial charge on any atom is -0.366 e. The lowest BCUT2D eigenvalue weighted by molar-refractivity contribution is -0.120. The second-order valence-corrected chi connectivity index (χ2v) is 4.53. The van der Waals surface area contributed by atoms with Crippen LogP contribution >= 0.6 is 0 Å². The van der Waals surface area contributed by atoms with Crippen molar-refractivity contribution in [2.24, 2.45) is 11.7 Å². The van der Waals surface area contributed by atoms with E-state index in [1.54, 1.807) is 0 Å². The molecule has 2 amide bonds. The largest absolute Gasteiger partial charge is 0.366 e. The van der Waals surface area contributed by atoms with Crippen molar-refractivity contribution >= 4 is 17.5 Å². The van der Waals surface area contributed by atoms with Gasteiger partial charge in [-0.15, -0.1) is 0 Å². The molecule has 0 unspecified atom stereocenters. The zero-order valence-electron chi connectivity index (χ0n) is 10.4. The Kier molecular flexibility index (Phi) is 3.94. The van der Waals surface area contributed by atoms with Crippen LogP contribution in [0.2, 0.25) is 0 Å². The zero-order chi connectivity index (χ0) is 13.8. The summed E-state index contributed by atoms with van der Waals surface area (Å²) in [7, 11) is 0. The Balaban J connectivity index is 2.10. The molecular formula is C14H15FN2O2. The van der Waals surface area contributed by atoms with E-state index in [1.807, 2.05) is 12.2 Å². The van der Waals surface area contributed by atoms with E-state index in [1.165, 1.54) is 12.1 Å². The number of halogens is 1. The molecule has 100 valence electrons. The van der Waals surface area contributed by atoms with Crippen molar-refractivity contribution in [1.82, 2.24) is 0 Å². The lowest BCUT2D eigenvalue weighted by Gasteiger charge is -2.17. The first-order valence-corrected chi connectivity index (χ1v) is 6.13. The van der Waals surface area contributed by atoms with E-state index in [4.69, 9.17) is 5.73 Å². The third-order valence-electron chi connectivity index (χ3n) is 3.14. The number of rotatable bonds is 3. The van der Waals surface area contributed by atoms with Crippen molar-refractivity contribution in [3.8, 4) is 0 Å². The maximum Gasteiger partial charge on any atom is 0.251 e. The summed E-state index contributed by atoms with van der Waals surface area (Å²) in [6, 6.07) is 3.79. The number of hydrogen-bond acceptors (Lipinski definition) is 2. The molecule has 19 heavy (non-hydrogen) atoms. The van der Waals surface area contributed by atoms with Gasteiger partial charge in [0.25, 0.3) is 5.91 Å². The summed E-state index contributed by atoms with van der Waals surface area (Å²) in [5, 5.41) is 2.69. The molecule has 0 saturated heterocycles. The summed E-state index contributed by atoms with van der Waals surface area (Å²) in [5.74, 6) is -1.74. The first-order valence-electron chi connectivity index (χ1n) is 6.13. The van der Waals surface area contributed by atoms with Crippen LogP contribution in [-0.2, 0) is 4.79 Å². The molecule has 0 spiro atoms. The van der Waals surface area contributed by atoms with Gasteiger partial charge < -0.3 is 11.1 Å². The summed E-state index contributed by atoms with van der Waals surface area (Å²) in [6.07, 6.45) is 6.41. The van der Waals surface area contributed by atoms with Gasteiger partial charge in [0.15, 0.2) is 0 Å². The number of benzene rings is 1. The van der Waals surface area contributed by atoms with E-state index >= 15 is 0 Å². The van der Waals surface area contributed by atoms with Crippen LogP contribution in [0.4, 0.5) is 10.1 Å². The van der Waals surface area contributed by atoms with Gasteiger partial charge in [-0.3, -0.25) is 9.59 Å². The molecule has 0 saturated carbocycles. The molecule has 0 heterocycles. The number of carbonyl (C=O) groups is 2. The first kappa shape index (κ1) is 13.3. The van der Waals surface area contributed by atoms with Crippen LogP contribution in [0.15, 0.2) is 30.4 Å². The molecule has 0 radical (unpaired) electrons. The fraction of sp³-hybridized carbons (Fsp3) is 0.286. The predicted molar refractivity (Wildman–Crippen MR) is 70.0 cm³/mol. The van der Waals surface area contributed by atoms with Crippen LogP contribution in [0, 0.1) is 11.7 Å². The second kappa shape index (κ2) is 5.65. The maximum absolute atomic E-state index is 13.3. The van der Waals surface area contributed by atoms with Gasteiger partial charge in [0.1, 0.15) is 5.82 Å². The van der Waals surface area contributed by atoms with Gasteiger partial charge in [-0.25, -0.2) is 4.39 Å². The molecule has 0 fully saturated rings. The molecule has 0 aliphatic heterocycles. The van der Waals surface area contributed by atoms with Gasteiger partial charge in [0, 0.05) is 11.6 Å². The van der Waals surface area contributed by atoms with Gasteiger partial charge in [-0.2, -0.15) is 0 Å². The Morgan fingerprint density at radius 3 is 2.74 bits per heavy atom. The molecule has 1 aliphatic rings. The van der Waals surface area contributed by atoms with Crippen LogP contribution in [0.25, 0.3) is 0 Å². The number of nitrogens with one attached hydrogen (secondary N) is 1. The predicted octanol–water partition coefficient (Wildman–Crippen LogP) is 2.22. The Morgan fingerprint density at radius 1 is 1.32 bits per heavy atom. The Bertz CT molecular complexity index is 540. The Labute approximate surface area is 110 Å². The standard InChI is InChI=1S/C14H15FN2O2/c15-12-7-6-10(8-11(12)13(16)18)17-14(19)9-4-2-1-3-5-9/h1-2,6-9H,3-5H2,(H2,16,18)(H,17,19)/t9-/m0/s1. The second-order valence-electron chi connectivity index (χ2n) is 4.53. The van der Waals surface area contributed by atoms with Crippen LogP contribution < -0.4 is 11.1 Å². The summed E-state index contributed by atoms with van der Waals surface area (Å²) in [6.45, 7) is 0. The zero-order valence-corrected chi connectivity index (χ0v) is 10.4. The highest BCUT2D eigenvalue weighted by molar-refractivity contribution is 5.97. The molecule has 0 bridgehead atoms. The van der Waals surface area contributed by atoms with Gasteiger partial charge >= 0.3 is 0 Å². The SMILES string of the molecule is NC(=O)c1cc(NC(=O)[C@H]2CC=CCC2)ccc1F. The lowest BCUT2D eigenvalue weighted by Crippen LogP contribution is -2.24. The molecule has 0 aromatic heterocycles. The average Bonchev–Trinajstić information content (AvgIpc) is 2.41. The fourth-order valence-corrected chi connectivity index (χ4v) is 2.07. The molecule has 5 heteroatoms. The Morgan fingerprint density at radius 2 is 2.11 bits per heavy atom. The van der Waals surface area contributed by atoms with Crippen LogP contribution in [0.1, 0.15) is 29.6 Å². The highest BCUT2D eigenvalue weighted by atomic mass is 19.1. The smallest absolute Gasteiger partial charge is 0.251 e. The van der Waals surface area contributed by atoms with E-state index in [-0.39, 0.29) is 17.4 Å². The number of allylic oxidation sites excluding steroid dienone is 2. The summed E-state index contributed by atoms with van der Waals surface area (Å²) >= 11 is 0. The quantitative estimate of drug-likeness (QED) is 0.820. The molecule has 1 aromatic carbocycles. The molecule has 2 rings (SSSR count). The van der Waals surface area contributed by atoms with Crippen molar-refractivity contribution in [1.29, 1.82) is 0 Å². The van der Waals surface area contributed by atoms with Crippen LogP contribution in [0.3, 0.4) is 0 Å². The van der Waals surface area contributed by atoms with Crippen molar-refractivity contribution in [2.45, 2.75) is 19.3 Å². The van der Waals surface area contributed by atoms with Crippen LogP contribution in [0.5, 0.6) is 0 Å². The number of nitrogens with two attached hydrogens (primary N) is 1. The lowest BCUT2D eigenvalue weighted by atomic mass is 9.93. The van der Waals surface area contributed by atoms with Gasteiger partial charge in [0.2, 0.25) is 5.91 Å². The van der Waals surface area contributed by atoms with E-state index in [0.29, 0.717) is 12.1 Å². The number of amides is 2. The van der Waals surface area contributed by atoms with E-state index in [0.717, 1.165) is 18.9 Å². The van der Waals surface area contributed by atoms with Gasteiger partial charge in [-0.05, 0) is 37.5 Å². The van der Waals surface area contributed by atoms with Gasteiger partial charge in [-0.1, -0.05) is 12.2 Å². The van der Waals surface area contributed by atoms with Crippen molar-refractivity contribution in [3.05, 3.63) is 41.7 Å². The van der Waals surface area contributed by atoms with Gasteiger partial charge in [0.05, 0.1) is 5.56 Å². The molecular weight excluding hydrogens is 247 g/mol. The highest BCUT2D eigenvalue weighted by Crippen LogP contribution is 2.21. The summed E-state index contributed by atoms with van der Waals surface area (Å²) < 4.78 is 13.3. The molecule has 4 nitrogen and oxygen atoms in total. The van der Waals surface area contributed by atoms with Crippen LogP contribution in [-0.4, -0.2) is 11.8 Å².